The number of aryl methyl sites for hydroxylation is 1. The quantitative estimate of drug-likeness (QED) is 0.758. The number of nitrogens with one attached hydrogen (secondary N) is 1. The highest BCUT2D eigenvalue weighted by Gasteiger charge is 2.06. The maximum Gasteiger partial charge on any atom is 0.251 e. The summed E-state index contributed by atoms with van der Waals surface area (Å²) in [6, 6.07) is 5.25. The Morgan fingerprint density at radius 1 is 1.44 bits per heavy atom. The van der Waals surface area contributed by atoms with Crippen LogP contribution in [-0.4, -0.2) is 35.7 Å². The molecule has 18 heavy (non-hydrogen) atoms. The number of thioether (sulfide) groups is 1. The van der Waals surface area contributed by atoms with Crippen LogP contribution in [0.15, 0.2) is 18.2 Å². The Hall–Kier alpha value is -0.710. The molecule has 0 unspecified atom stereocenters. The average molecular weight is 288 g/mol. The van der Waals surface area contributed by atoms with Crippen molar-refractivity contribution < 1.29 is 9.90 Å². The fourth-order valence-electron chi connectivity index (χ4n) is 1.39. The third kappa shape index (κ3) is 5.29. The molecule has 0 aliphatic heterocycles. The Balaban J connectivity index is 2.30. The number of amides is 1. The lowest BCUT2D eigenvalue weighted by atomic mass is 10.1. The van der Waals surface area contributed by atoms with Crippen molar-refractivity contribution in [1.82, 2.24) is 5.32 Å². The normalized spacial score (nSPS) is 10.4. The van der Waals surface area contributed by atoms with Crippen LogP contribution >= 0.6 is 23.4 Å². The minimum atomic E-state index is -0.0717. The van der Waals surface area contributed by atoms with E-state index in [9.17, 15) is 4.79 Å². The molecule has 5 heteroatoms. The van der Waals surface area contributed by atoms with Crippen molar-refractivity contribution in [3.8, 4) is 0 Å². The van der Waals surface area contributed by atoms with Crippen molar-refractivity contribution in [1.29, 1.82) is 0 Å². The summed E-state index contributed by atoms with van der Waals surface area (Å²) in [6.45, 7) is 2.74. The highest BCUT2D eigenvalue weighted by atomic mass is 35.5. The number of carbonyl (C=O) groups is 1. The van der Waals surface area contributed by atoms with Crippen LogP contribution in [0, 0.1) is 6.92 Å². The van der Waals surface area contributed by atoms with Gasteiger partial charge >= 0.3 is 0 Å². The average Bonchev–Trinajstić information content (AvgIpc) is 2.36. The van der Waals surface area contributed by atoms with E-state index in [4.69, 9.17) is 16.7 Å². The molecule has 0 fully saturated rings. The first kappa shape index (κ1) is 15.3. The Bertz CT molecular complexity index is 399. The van der Waals surface area contributed by atoms with Gasteiger partial charge in [0.2, 0.25) is 0 Å². The molecule has 0 aliphatic carbocycles. The van der Waals surface area contributed by atoms with Gasteiger partial charge in [0.05, 0.1) is 0 Å². The van der Waals surface area contributed by atoms with Gasteiger partial charge in [0.25, 0.3) is 5.91 Å². The Kier molecular flexibility index (Phi) is 7.16. The van der Waals surface area contributed by atoms with Crippen LogP contribution in [0.4, 0.5) is 0 Å². The Morgan fingerprint density at radius 2 is 2.22 bits per heavy atom. The third-order valence-electron chi connectivity index (χ3n) is 2.40. The SMILES string of the molecule is Cc1cc(C(=O)NCCSCCCO)ccc1Cl. The van der Waals surface area contributed by atoms with Crippen molar-refractivity contribution >= 4 is 29.3 Å². The fourth-order valence-corrected chi connectivity index (χ4v) is 2.29. The van der Waals surface area contributed by atoms with Crippen molar-refractivity contribution in [3.05, 3.63) is 34.3 Å². The summed E-state index contributed by atoms with van der Waals surface area (Å²) in [5.74, 6) is 1.71. The largest absolute Gasteiger partial charge is 0.396 e. The van der Waals surface area contributed by atoms with Crippen molar-refractivity contribution in [2.45, 2.75) is 13.3 Å². The number of hydrogen-bond acceptors (Lipinski definition) is 3. The monoisotopic (exact) mass is 287 g/mol. The lowest BCUT2D eigenvalue weighted by molar-refractivity contribution is 0.0956. The predicted octanol–water partition coefficient (Wildman–Crippen LogP) is 2.49. The minimum Gasteiger partial charge on any atom is -0.396 e. The van der Waals surface area contributed by atoms with Crippen LogP contribution in [0.5, 0.6) is 0 Å². The smallest absolute Gasteiger partial charge is 0.251 e. The molecule has 0 aliphatic rings. The number of carbonyl (C=O) groups excluding carboxylic acids is 1. The molecule has 3 nitrogen and oxygen atoms in total. The second-order valence-corrected chi connectivity index (χ2v) is 5.54. The molecule has 1 aromatic rings. The van der Waals surface area contributed by atoms with Gasteiger partial charge in [0, 0.05) is 29.5 Å². The van der Waals surface area contributed by atoms with Gasteiger partial charge in [-0.3, -0.25) is 4.79 Å². The molecular formula is C13H18ClNO2S. The third-order valence-corrected chi connectivity index (χ3v) is 3.89. The summed E-state index contributed by atoms with van der Waals surface area (Å²) in [5, 5.41) is 12.1. The van der Waals surface area contributed by atoms with Gasteiger partial charge in [-0.15, -0.1) is 0 Å². The van der Waals surface area contributed by atoms with Gasteiger partial charge in [-0.05, 0) is 42.9 Å². The van der Waals surface area contributed by atoms with Crippen molar-refractivity contribution in [2.24, 2.45) is 0 Å². The Morgan fingerprint density at radius 3 is 2.89 bits per heavy atom. The maximum atomic E-state index is 11.8. The number of benzene rings is 1. The summed E-state index contributed by atoms with van der Waals surface area (Å²) in [6.07, 6.45) is 0.801. The van der Waals surface area contributed by atoms with Gasteiger partial charge in [-0.1, -0.05) is 11.6 Å². The van der Waals surface area contributed by atoms with E-state index in [-0.39, 0.29) is 12.5 Å². The van der Waals surface area contributed by atoms with Crippen molar-refractivity contribution in [3.63, 3.8) is 0 Å². The summed E-state index contributed by atoms with van der Waals surface area (Å²) in [5.41, 5.74) is 1.54. The topological polar surface area (TPSA) is 49.3 Å². The second kappa shape index (κ2) is 8.40. The highest BCUT2D eigenvalue weighted by molar-refractivity contribution is 7.99. The van der Waals surface area contributed by atoms with Crippen LogP contribution in [-0.2, 0) is 0 Å². The van der Waals surface area contributed by atoms with Gasteiger partial charge in [-0.25, -0.2) is 0 Å². The zero-order valence-corrected chi connectivity index (χ0v) is 12.0. The Labute approximate surface area is 117 Å². The summed E-state index contributed by atoms with van der Waals surface area (Å²) in [4.78, 5) is 11.8. The number of halogens is 1. The van der Waals surface area contributed by atoms with Gasteiger partial charge in [-0.2, -0.15) is 11.8 Å². The van der Waals surface area contributed by atoms with Crippen LogP contribution in [0.1, 0.15) is 22.3 Å². The first-order chi connectivity index (χ1) is 8.65. The van der Waals surface area contributed by atoms with Crippen LogP contribution in [0.3, 0.4) is 0 Å². The van der Waals surface area contributed by atoms with E-state index in [0.29, 0.717) is 17.1 Å². The molecule has 0 saturated heterocycles. The summed E-state index contributed by atoms with van der Waals surface area (Å²) < 4.78 is 0. The zero-order valence-electron chi connectivity index (χ0n) is 10.4. The zero-order chi connectivity index (χ0) is 13.4. The number of rotatable bonds is 7. The first-order valence-electron chi connectivity index (χ1n) is 5.88. The van der Waals surface area contributed by atoms with E-state index in [2.05, 4.69) is 5.32 Å². The van der Waals surface area contributed by atoms with Crippen LogP contribution in [0.2, 0.25) is 5.02 Å². The molecule has 0 saturated carbocycles. The van der Waals surface area contributed by atoms with E-state index in [1.807, 2.05) is 6.92 Å². The fraction of sp³-hybridized carbons (Fsp3) is 0.462. The second-order valence-electron chi connectivity index (χ2n) is 3.91. The molecule has 2 N–H and O–H groups in total. The molecule has 0 bridgehead atoms. The standard InChI is InChI=1S/C13H18ClNO2S/c1-10-9-11(3-4-12(10)14)13(17)15-5-8-18-7-2-6-16/h3-4,9,16H,2,5-8H2,1H3,(H,15,17). The molecule has 0 aromatic heterocycles. The van der Waals surface area contributed by atoms with Gasteiger partial charge in [0.15, 0.2) is 0 Å². The van der Waals surface area contributed by atoms with E-state index in [0.717, 1.165) is 23.5 Å². The lowest BCUT2D eigenvalue weighted by Crippen LogP contribution is -2.25. The molecule has 1 rings (SSSR count). The molecule has 0 radical (unpaired) electrons. The molecule has 1 aromatic carbocycles. The summed E-state index contributed by atoms with van der Waals surface area (Å²) in [7, 11) is 0. The first-order valence-corrected chi connectivity index (χ1v) is 7.41. The molecule has 100 valence electrons. The van der Waals surface area contributed by atoms with Crippen molar-refractivity contribution in [2.75, 3.05) is 24.7 Å². The molecule has 0 spiro atoms. The van der Waals surface area contributed by atoms with E-state index >= 15 is 0 Å². The molecular weight excluding hydrogens is 270 g/mol. The van der Waals surface area contributed by atoms with E-state index < -0.39 is 0 Å². The van der Waals surface area contributed by atoms with E-state index in [1.165, 1.54) is 0 Å². The molecule has 0 heterocycles. The maximum absolute atomic E-state index is 11.8. The number of aliphatic hydroxyl groups is 1. The highest BCUT2D eigenvalue weighted by Crippen LogP contribution is 2.16. The van der Waals surface area contributed by atoms with Crippen LogP contribution in [0.25, 0.3) is 0 Å². The number of hydrogen-bond donors (Lipinski definition) is 2. The molecule has 1 amide bonds. The lowest BCUT2D eigenvalue weighted by Gasteiger charge is -2.06. The summed E-state index contributed by atoms with van der Waals surface area (Å²) >= 11 is 7.63. The predicted molar refractivity (Wildman–Crippen MR) is 77.6 cm³/mol. The minimum absolute atomic E-state index is 0.0717. The molecule has 0 atom stereocenters. The number of aliphatic hydroxyl groups excluding tert-OH is 1. The van der Waals surface area contributed by atoms with Gasteiger partial charge in [0.1, 0.15) is 0 Å². The van der Waals surface area contributed by atoms with Gasteiger partial charge < -0.3 is 10.4 Å². The van der Waals surface area contributed by atoms with Crippen LogP contribution < -0.4 is 5.32 Å². The van der Waals surface area contributed by atoms with E-state index in [1.54, 1.807) is 30.0 Å².